The highest BCUT2D eigenvalue weighted by atomic mass is 79.9. The first-order valence-corrected chi connectivity index (χ1v) is 11.3. The van der Waals surface area contributed by atoms with Crippen molar-refractivity contribution in [3.63, 3.8) is 0 Å². The van der Waals surface area contributed by atoms with Crippen molar-refractivity contribution in [2.45, 2.75) is 44.2 Å². The first-order chi connectivity index (χ1) is 11.9. The zero-order chi connectivity index (χ0) is 20.1. The maximum Gasteiger partial charge on any atom is 0.408 e. The zero-order valence-electron chi connectivity index (χ0n) is 14.6. The van der Waals surface area contributed by atoms with Crippen molar-refractivity contribution in [1.29, 1.82) is 0 Å². The summed E-state index contributed by atoms with van der Waals surface area (Å²) in [5.41, 5.74) is -0.767. The van der Waals surface area contributed by atoms with E-state index in [1.807, 2.05) is 0 Å². The van der Waals surface area contributed by atoms with Gasteiger partial charge in [-0.15, -0.1) is 11.3 Å². The van der Waals surface area contributed by atoms with Gasteiger partial charge in [-0.2, -0.15) is 0 Å². The monoisotopic (exact) mass is 534 g/mol. The summed E-state index contributed by atoms with van der Waals surface area (Å²) in [6.07, 6.45) is -0.853. The van der Waals surface area contributed by atoms with Gasteiger partial charge >= 0.3 is 12.1 Å². The molecule has 1 aromatic rings. The number of halogens is 2. The van der Waals surface area contributed by atoms with Crippen LogP contribution in [0, 0.1) is 0 Å². The average molecular weight is 536 g/mol. The topological polar surface area (TPSA) is 111 Å². The fourth-order valence-corrected chi connectivity index (χ4v) is 6.52. The van der Waals surface area contributed by atoms with E-state index in [-0.39, 0.29) is 18.0 Å². The fraction of sp³-hybridized carbons (Fsp3) is 0.571. The van der Waals surface area contributed by atoms with Gasteiger partial charge in [0, 0.05) is 6.54 Å². The van der Waals surface area contributed by atoms with Gasteiger partial charge in [0.05, 0.1) is 14.2 Å². The van der Waals surface area contributed by atoms with Crippen LogP contribution < -0.4 is 10.0 Å². The maximum absolute atomic E-state index is 12.4. The Morgan fingerprint density at radius 1 is 1.31 bits per heavy atom. The largest absolute Gasteiger partial charge is 0.464 e. The smallest absolute Gasteiger partial charge is 0.408 e. The number of amides is 1. The van der Waals surface area contributed by atoms with E-state index in [1.165, 1.54) is 17.4 Å². The molecule has 0 radical (unpaired) electrons. The van der Waals surface area contributed by atoms with Crippen LogP contribution in [-0.4, -0.2) is 45.3 Å². The third-order valence-electron chi connectivity index (χ3n) is 2.65. The van der Waals surface area contributed by atoms with Gasteiger partial charge in [0.25, 0.3) is 0 Å². The molecule has 0 aliphatic carbocycles. The molecule has 8 nitrogen and oxygen atoms in total. The van der Waals surface area contributed by atoms with Crippen LogP contribution in [0.25, 0.3) is 0 Å². The Kier molecular flexibility index (Phi) is 8.52. The van der Waals surface area contributed by atoms with Crippen LogP contribution in [0.15, 0.2) is 18.5 Å². The lowest BCUT2D eigenvalue weighted by molar-refractivity contribution is -0.145. The lowest BCUT2D eigenvalue weighted by Crippen LogP contribution is -2.50. The molecule has 0 fully saturated rings. The summed E-state index contributed by atoms with van der Waals surface area (Å²) in [4.78, 5) is 23.9. The summed E-state index contributed by atoms with van der Waals surface area (Å²) in [7, 11) is -3.90. The second-order valence-corrected chi connectivity index (χ2v) is 11.5. The van der Waals surface area contributed by atoms with Gasteiger partial charge < -0.3 is 14.8 Å². The predicted octanol–water partition coefficient (Wildman–Crippen LogP) is 3.01. The highest BCUT2D eigenvalue weighted by Gasteiger charge is 2.28. The minimum absolute atomic E-state index is 0.0225. The van der Waals surface area contributed by atoms with E-state index in [2.05, 4.69) is 41.9 Å². The molecule has 1 rings (SSSR count). The lowest BCUT2D eigenvalue weighted by atomic mass is 10.2. The second-order valence-electron chi connectivity index (χ2n) is 5.99. The molecule has 0 aliphatic rings. The number of sulfonamides is 1. The number of rotatable bonds is 7. The van der Waals surface area contributed by atoms with Crippen molar-refractivity contribution < 1.29 is 27.5 Å². The number of carbonyl (C=O) groups is 2. The van der Waals surface area contributed by atoms with Crippen LogP contribution in [0.1, 0.15) is 27.7 Å². The Labute approximate surface area is 173 Å². The van der Waals surface area contributed by atoms with Crippen molar-refractivity contribution in [2.75, 3.05) is 13.2 Å². The Morgan fingerprint density at radius 3 is 2.38 bits per heavy atom. The molecule has 1 amide bonds. The van der Waals surface area contributed by atoms with E-state index in [0.29, 0.717) is 7.57 Å². The zero-order valence-corrected chi connectivity index (χ0v) is 19.4. The van der Waals surface area contributed by atoms with Crippen LogP contribution in [0.5, 0.6) is 0 Å². The van der Waals surface area contributed by atoms with Crippen molar-refractivity contribution in [1.82, 2.24) is 10.0 Å². The molecule has 148 valence electrons. The van der Waals surface area contributed by atoms with Gasteiger partial charge in [0.15, 0.2) is 0 Å². The highest BCUT2D eigenvalue weighted by molar-refractivity contribution is 9.12. The van der Waals surface area contributed by atoms with E-state index < -0.39 is 33.7 Å². The Balaban J connectivity index is 2.87. The Hall–Kier alpha value is -0.690. The van der Waals surface area contributed by atoms with Crippen LogP contribution in [0.4, 0.5) is 4.79 Å². The van der Waals surface area contributed by atoms with Crippen molar-refractivity contribution in [2.24, 2.45) is 0 Å². The van der Waals surface area contributed by atoms with E-state index in [1.54, 1.807) is 27.7 Å². The van der Waals surface area contributed by atoms with E-state index in [9.17, 15) is 18.0 Å². The number of esters is 1. The quantitative estimate of drug-likeness (QED) is 0.519. The highest BCUT2D eigenvalue weighted by Crippen LogP contribution is 2.34. The molecule has 0 saturated heterocycles. The first kappa shape index (κ1) is 23.3. The maximum atomic E-state index is 12.4. The Morgan fingerprint density at radius 2 is 1.92 bits per heavy atom. The molecular weight excluding hydrogens is 516 g/mol. The number of thiophene rings is 1. The summed E-state index contributed by atoms with van der Waals surface area (Å²) in [6.45, 7) is 6.30. The minimum atomic E-state index is -3.90. The molecule has 0 aromatic carbocycles. The van der Waals surface area contributed by atoms with Gasteiger partial charge in [0.1, 0.15) is 16.5 Å². The van der Waals surface area contributed by atoms with Gasteiger partial charge in [0.2, 0.25) is 10.0 Å². The van der Waals surface area contributed by atoms with Crippen LogP contribution in [0.2, 0.25) is 0 Å². The number of alkyl carbamates (subject to hydrolysis) is 1. The second kappa shape index (κ2) is 9.49. The fourth-order valence-electron chi connectivity index (χ4n) is 1.67. The number of hydrogen-bond donors (Lipinski definition) is 2. The summed E-state index contributed by atoms with van der Waals surface area (Å²) in [6, 6.07) is 0.193. The molecule has 0 spiro atoms. The van der Waals surface area contributed by atoms with Crippen molar-refractivity contribution in [3.05, 3.63) is 13.6 Å². The van der Waals surface area contributed by atoms with Gasteiger partial charge in [-0.05, 0) is 65.6 Å². The van der Waals surface area contributed by atoms with E-state index in [4.69, 9.17) is 9.47 Å². The van der Waals surface area contributed by atoms with E-state index >= 15 is 0 Å². The predicted molar refractivity (Wildman–Crippen MR) is 105 cm³/mol. The summed E-state index contributed by atoms with van der Waals surface area (Å²) >= 11 is 7.58. The Bertz CT molecular complexity index is 758. The molecule has 0 aliphatic heterocycles. The van der Waals surface area contributed by atoms with Gasteiger partial charge in [-0.3, -0.25) is 0 Å². The third kappa shape index (κ3) is 7.51. The standard InChI is InChI=1S/C14H20Br2N2O6S2/c1-5-23-12(19)8(18-13(20)24-14(2,3)4)7-17-26(21,22)9-6-10(15)25-11(9)16/h6,8,17H,5,7H2,1-4H3,(H,18,20). The number of nitrogens with one attached hydrogen (secondary N) is 2. The summed E-state index contributed by atoms with van der Waals surface area (Å²) in [5, 5.41) is 2.32. The number of ether oxygens (including phenoxy) is 2. The molecule has 26 heavy (non-hydrogen) atoms. The molecule has 0 bridgehead atoms. The molecule has 1 atom stereocenters. The van der Waals surface area contributed by atoms with E-state index in [0.717, 1.165) is 0 Å². The first-order valence-electron chi connectivity index (χ1n) is 7.46. The normalized spacial score (nSPS) is 13.2. The van der Waals surface area contributed by atoms with Crippen molar-refractivity contribution >= 4 is 65.3 Å². The average Bonchev–Trinajstić information content (AvgIpc) is 2.81. The van der Waals surface area contributed by atoms with Gasteiger partial charge in [-0.1, -0.05) is 0 Å². The molecular formula is C14H20Br2N2O6S2. The lowest BCUT2D eigenvalue weighted by Gasteiger charge is -2.23. The summed E-state index contributed by atoms with van der Waals surface area (Å²) in [5.74, 6) is -0.772. The summed E-state index contributed by atoms with van der Waals surface area (Å²) < 4.78 is 38.1. The molecule has 1 aromatic heterocycles. The minimum Gasteiger partial charge on any atom is -0.464 e. The SMILES string of the molecule is CCOC(=O)C(CNS(=O)(=O)c1cc(Br)sc1Br)NC(=O)OC(C)(C)C. The molecule has 12 heteroatoms. The molecule has 1 heterocycles. The van der Waals surface area contributed by atoms with Crippen molar-refractivity contribution in [3.8, 4) is 0 Å². The third-order valence-corrected chi connectivity index (χ3v) is 6.83. The van der Waals surface area contributed by atoms with Crippen LogP contribution in [-0.2, 0) is 24.3 Å². The van der Waals surface area contributed by atoms with Gasteiger partial charge in [-0.25, -0.2) is 22.7 Å². The molecule has 1 unspecified atom stereocenters. The van der Waals surface area contributed by atoms with Crippen LogP contribution >= 0.6 is 43.2 Å². The number of carbonyl (C=O) groups excluding carboxylic acids is 2. The molecule has 0 saturated carbocycles. The molecule has 2 N–H and O–H groups in total. The van der Waals surface area contributed by atoms with Crippen LogP contribution in [0.3, 0.4) is 0 Å². The number of hydrogen-bond acceptors (Lipinski definition) is 7.